The molecule has 1 saturated heterocycles. The second-order valence-corrected chi connectivity index (χ2v) is 8.52. The Hall–Kier alpha value is -3.58. The van der Waals surface area contributed by atoms with Gasteiger partial charge < -0.3 is 14.5 Å². The standard InChI is InChI=1S/C26H26FN5O/c1-31(2)19-10-12-32(16-19)26-21-13-18(20-8-4-5-9-22(20)27)14-23(33-3)24(21)29-25(30-26)17-7-6-11-28-15-17/h4-9,11,13-15,19H,10,12,16H2,1-3H3. The largest absolute Gasteiger partial charge is 0.494 e. The monoisotopic (exact) mass is 443 g/mol. The minimum atomic E-state index is -0.276. The van der Waals surface area contributed by atoms with Gasteiger partial charge in [-0.05, 0) is 56.4 Å². The highest BCUT2D eigenvalue weighted by Crippen LogP contribution is 2.38. The van der Waals surface area contributed by atoms with E-state index in [4.69, 9.17) is 14.7 Å². The van der Waals surface area contributed by atoms with E-state index in [1.54, 1.807) is 31.6 Å². The molecular weight excluding hydrogens is 417 g/mol. The lowest BCUT2D eigenvalue weighted by Crippen LogP contribution is -2.31. The number of ether oxygens (including phenoxy) is 1. The molecule has 2 aromatic carbocycles. The molecule has 1 unspecified atom stereocenters. The van der Waals surface area contributed by atoms with Crippen LogP contribution in [0.2, 0.25) is 0 Å². The van der Waals surface area contributed by atoms with Crippen LogP contribution in [0.15, 0.2) is 60.9 Å². The van der Waals surface area contributed by atoms with Gasteiger partial charge in [0.15, 0.2) is 5.82 Å². The fourth-order valence-electron chi connectivity index (χ4n) is 4.41. The van der Waals surface area contributed by atoms with Crippen molar-refractivity contribution in [1.29, 1.82) is 0 Å². The number of halogens is 1. The number of pyridine rings is 1. The number of fused-ring (bicyclic) bond motifs is 1. The lowest BCUT2D eigenvalue weighted by Gasteiger charge is -2.23. The second kappa shape index (κ2) is 8.75. The molecule has 0 amide bonds. The normalized spacial score (nSPS) is 16.0. The van der Waals surface area contributed by atoms with Crippen LogP contribution in [0.4, 0.5) is 10.2 Å². The molecule has 1 aliphatic heterocycles. The van der Waals surface area contributed by atoms with Crippen molar-refractivity contribution in [3.63, 3.8) is 0 Å². The number of aromatic nitrogens is 3. The van der Waals surface area contributed by atoms with Crippen molar-refractivity contribution in [2.24, 2.45) is 0 Å². The third kappa shape index (κ3) is 4.00. The zero-order chi connectivity index (χ0) is 22.9. The molecule has 0 bridgehead atoms. The van der Waals surface area contributed by atoms with Gasteiger partial charge in [0.2, 0.25) is 0 Å². The summed E-state index contributed by atoms with van der Waals surface area (Å²) in [5.41, 5.74) is 2.80. The molecule has 6 nitrogen and oxygen atoms in total. The van der Waals surface area contributed by atoms with Crippen molar-refractivity contribution in [3.05, 3.63) is 66.7 Å². The summed E-state index contributed by atoms with van der Waals surface area (Å²) in [6.07, 6.45) is 4.54. The van der Waals surface area contributed by atoms with Gasteiger partial charge in [0.1, 0.15) is 22.9 Å². The van der Waals surface area contributed by atoms with Crippen molar-refractivity contribution in [3.8, 4) is 28.3 Å². The van der Waals surface area contributed by atoms with Crippen LogP contribution < -0.4 is 9.64 Å². The molecule has 33 heavy (non-hydrogen) atoms. The summed E-state index contributed by atoms with van der Waals surface area (Å²) in [4.78, 5) is 18.6. The SMILES string of the molecule is COc1cc(-c2ccccc2F)cc2c(N3CCC(N(C)C)C3)nc(-c3cccnc3)nc12. The number of rotatable bonds is 5. The molecule has 2 aromatic heterocycles. The molecule has 4 aromatic rings. The predicted octanol–water partition coefficient (Wildman–Crippen LogP) is 4.65. The van der Waals surface area contributed by atoms with Gasteiger partial charge in [-0.2, -0.15) is 0 Å². The minimum absolute atomic E-state index is 0.276. The van der Waals surface area contributed by atoms with E-state index >= 15 is 0 Å². The maximum absolute atomic E-state index is 14.6. The van der Waals surface area contributed by atoms with E-state index in [0.717, 1.165) is 41.8 Å². The Morgan fingerprint density at radius 2 is 1.91 bits per heavy atom. The second-order valence-electron chi connectivity index (χ2n) is 8.52. The first-order valence-corrected chi connectivity index (χ1v) is 11.0. The van der Waals surface area contributed by atoms with Crippen LogP contribution >= 0.6 is 0 Å². The lowest BCUT2D eigenvalue weighted by atomic mass is 10.0. The van der Waals surface area contributed by atoms with E-state index in [0.29, 0.717) is 28.7 Å². The average molecular weight is 444 g/mol. The van der Waals surface area contributed by atoms with Crippen LogP contribution in [0.3, 0.4) is 0 Å². The first-order chi connectivity index (χ1) is 16.0. The molecule has 168 valence electrons. The molecule has 1 fully saturated rings. The Bertz CT molecular complexity index is 1290. The molecule has 0 saturated carbocycles. The van der Waals surface area contributed by atoms with Crippen molar-refractivity contribution in [2.45, 2.75) is 12.5 Å². The summed E-state index contributed by atoms with van der Waals surface area (Å²) < 4.78 is 20.4. The molecule has 0 spiro atoms. The van der Waals surface area contributed by atoms with Crippen molar-refractivity contribution < 1.29 is 9.13 Å². The Labute approximate surface area is 192 Å². The van der Waals surface area contributed by atoms with Crippen LogP contribution in [0.1, 0.15) is 6.42 Å². The fourth-order valence-corrected chi connectivity index (χ4v) is 4.41. The molecule has 1 aliphatic rings. The number of hydrogen-bond acceptors (Lipinski definition) is 6. The molecule has 5 rings (SSSR count). The Kier molecular flexibility index (Phi) is 5.64. The van der Waals surface area contributed by atoms with Gasteiger partial charge in [-0.3, -0.25) is 4.98 Å². The van der Waals surface area contributed by atoms with Crippen molar-refractivity contribution in [2.75, 3.05) is 39.2 Å². The number of benzene rings is 2. The zero-order valence-corrected chi connectivity index (χ0v) is 19.0. The van der Waals surface area contributed by atoms with E-state index in [1.165, 1.54) is 6.07 Å². The highest BCUT2D eigenvalue weighted by Gasteiger charge is 2.28. The average Bonchev–Trinajstić information content (AvgIpc) is 3.34. The smallest absolute Gasteiger partial charge is 0.163 e. The molecule has 0 N–H and O–H groups in total. The summed E-state index contributed by atoms with van der Waals surface area (Å²) in [6, 6.07) is 14.9. The van der Waals surface area contributed by atoms with Gasteiger partial charge in [-0.25, -0.2) is 14.4 Å². The summed E-state index contributed by atoms with van der Waals surface area (Å²) in [6.45, 7) is 1.74. The van der Waals surface area contributed by atoms with Gasteiger partial charge in [-0.1, -0.05) is 18.2 Å². The van der Waals surface area contributed by atoms with Gasteiger partial charge in [0.05, 0.1) is 7.11 Å². The number of methoxy groups -OCH3 is 1. The molecule has 7 heteroatoms. The van der Waals surface area contributed by atoms with Crippen LogP contribution in [-0.4, -0.2) is 60.2 Å². The van der Waals surface area contributed by atoms with Crippen LogP contribution in [0.25, 0.3) is 33.4 Å². The van der Waals surface area contributed by atoms with Crippen LogP contribution in [-0.2, 0) is 0 Å². The third-order valence-electron chi connectivity index (χ3n) is 6.26. The van der Waals surface area contributed by atoms with Gasteiger partial charge in [0, 0.05) is 48.0 Å². The first kappa shape index (κ1) is 21.3. The Morgan fingerprint density at radius 1 is 1.06 bits per heavy atom. The number of anilines is 1. The number of likely N-dealkylation sites (N-methyl/N-ethyl adjacent to an activating group) is 1. The summed E-state index contributed by atoms with van der Waals surface area (Å²) in [5.74, 6) is 1.74. The van der Waals surface area contributed by atoms with Crippen LogP contribution in [0.5, 0.6) is 5.75 Å². The fraction of sp³-hybridized carbons (Fsp3) is 0.269. The summed E-state index contributed by atoms with van der Waals surface area (Å²) in [7, 11) is 5.82. The topological polar surface area (TPSA) is 54.4 Å². The minimum Gasteiger partial charge on any atom is -0.494 e. The molecule has 0 aliphatic carbocycles. The Morgan fingerprint density at radius 3 is 2.61 bits per heavy atom. The van der Waals surface area contributed by atoms with E-state index in [9.17, 15) is 4.39 Å². The molecule has 3 heterocycles. The molecule has 1 atom stereocenters. The number of nitrogens with zero attached hydrogens (tertiary/aromatic N) is 5. The molecule has 0 radical (unpaired) electrons. The quantitative estimate of drug-likeness (QED) is 0.448. The van der Waals surface area contributed by atoms with Crippen molar-refractivity contribution in [1.82, 2.24) is 19.9 Å². The lowest BCUT2D eigenvalue weighted by molar-refractivity contribution is 0.315. The highest BCUT2D eigenvalue weighted by molar-refractivity contribution is 5.98. The van der Waals surface area contributed by atoms with Gasteiger partial charge >= 0.3 is 0 Å². The first-order valence-electron chi connectivity index (χ1n) is 11.0. The maximum atomic E-state index is 14.6. The maximum Gasteiger partial charge on any atom is 0.163 e. The van der Waals surface area contributed by atoms with E-state index in [2.05, 4.69) is 28.9 Å². The van der Waals surface area contributed by atoms with E-state index in [1.807, 2.05) is 30.3 Å². The van der Waals surface area contributed by atoms with Crippen LogP contribution in [0, 0.1) is 5.82 Å². The van der Waals surface area contributed by atoms with Gasteiger partial charge in [-0.15, -0.1) is 0 Å². The third-order valence-corrected chi connectivity index (χ3v) is 6.26. The zero-order valence-electron chi connectivity index (χ0n) is 19.0. The molecular formula is C26H26FN5O. The van der Waals surface area contributed by atoms with Gasteiger partial charge in [0.25, 0.3) is 0 Å². The van der Waals surface area contributed by atoms with E-state index < -0.39 is 0 Å². The van der Waals surface area contributed by atoms with Crippen molar-refractivity contribution >= 4 is 16.7 Å². The number of hydrogen-bond donors (Lipinski definition) is 0. The highest BCUT2D eigenvalue weighted by atomic mass is 19.1. The summed E-state index contributed by atoms with van der Waals surface area (Å²) >= 11 is 0. The summed E-state index contributed by atoms with van der Waals surface area (Å²) in [5, 5.41) is 0.847. The Balaban J connectivity index is 1.75. The predicted molar refractivity (Wildman–Crippen MR) is 129 cm³/mol. The van der Waals surface area contributed by atoms with E-state index in [-0.39, 0.29) is 5.82 Å².